The molecule has 0 bridgehead atoms. The van der Waals surface area contributed by atoms with Gasteiger partial charge in [0.1, 0.15) is 6.33 Å². The first-order chi connectivity index (χ1) is 7.70. The van der Waals surface area contributed by atoms with E-state index in [1.54, 1.807) is 0 Å². The molecule has 84 valence electrons. The third kappa shape index (κ3) is 2.11. The Morgan fingerprint density at radius 2 is 2.44 bits per heavy atom. The lowest BCUT2D eigenvalue weighted by Crippen LogP contribution is -2.11. The molecule has 0 atom stereocenters. The van der Waals surface area contributed by atoms with Crippen molar-refractivity contribution >= 4 is 23.2 Å². The van der Waals surface area contributed by atoms with E-state index in [2.05, 4.69) is 27.4 Å². The third-order valence-electron chi connectivity index (χ3n) is 2.21. The van der Waals surface area contributed by atoms with Gasteiger partial charge in [-0.2, -0.15) is 10.1 Å². The average molecular weight is 236 g/mol. The summed E-state index contributed by atoms with van der Waals surface area (Å²) in [4.78, 5) is 17.6. The Balaban J connectivity index is 2.15. The van der Waals surface area contributed by atoms with Crippen molar-refractivity contribution in [1.82, 2.24) is 15.2 Å². The molecule has 0 aliphatic rings. The van der Waals surface area contributed by atoms with E-state index in [-0.39, 0.29) is 5.91 Å². The number of aromatic amines is 1. The number of hydrogen-bond donors (Lipinski definition) is 2. The molecule has 5 nitrogen and oxygen atoms in total. The molecule has 0 saturated heterocycles. The molecule has 0 aliphatic carbocycles. The summed E-state index contributed by atoms with van der Waals surface area (Å²) < 4.78 is 0. The van der Waals surface area contributed by atoms with Crippen molar-refractivity contribution in [3.8, 4) is 0 Å². The van der Waals surface area contributed by atoms with Gasteiger partial charge in [-0.05, 0) is 25.0 Å². The minimum absolute atomic E-state index is 0.149. The first-order valence-corrected chi connectivity index (χ1v) is 5.78. The molecule has 0 unspecified atom stereocenters. The smallest absolute Gasteiger partial charge is 0.268 e. The zero-order valence-corrected chi connectivity index (χ0v) is 9.89. The number of nitrogens with zero attached hydrogens (tertiary/aromatic N) is 2. The summed E-state index contributed by atoms with van der Waals surface area (Å²) in [5.74, 6) is 0.221. The van der Waals surface area contributed by atoms with Gasteiger partial charge in [0, 0.05) is 4.88 Å². The fraction of sp³-hybridized carbons (Fsp3) is 0.300. The Labute approximate surface area is 96.9 Å². The average Bonchev–Trinajstić information content (AvgIpc) is 2.87. The third-order valence-corrected chi connectivity index (χ3v) is 3.59. The number of anilines is 1. The highest BCUT2D eigenvalue weighted by Gasteiger charge is 2.12. The fourth-order valence-corrected chi connectivity index (χ4v) is 2.43. The summed E-state index contributed by atoms with van der Waals surface area (Å²) in [6, 6.07) is 1.90. The molecule has 0 fully saturated rings. The molecular weight excluding hydrogens is 224 g/mol. The van der Waals surface area contributed by atoms with Crippen LogP contribution in [0.15, 0.2) is 12.4 Å². The van der Waals surface area contributed by atoms with Crippen LogP contribution in [0.3, 0.4) is 0 Å². The molecule has 16 heavy (non-hydrogen) atoms. The molecule has 0 saturated carbocycles. The van der Waals surface area contributed by atoms with Crippen LogP contribution in [0.4, 0.5) is 5.95 Å². The molecule has 0 spiro atoms. The molecule has 2 heterocycles. The summed E-state index contributed by atoms with van der Waals surface area (Å²) in [7, 11) is 0. The van der Waals surface area contributed by atoms with E-state index in [0.29, 0.717) is 10.8 Å². The van der Waals surface area contributed by atoms with Crippen LogP contribution in [0.1, 0.15) is 27.0 Å². The summed E-state index contributed by atoms with van der Waals surface area (Å²) in [6.07, 6.45) is 2.30. The van der Waals surface area contributed by atoms with E-state index in [9.17, 15) is 4.79 Å². The van der Waals surface area contributed by atoms with Gasteiger partial charge >= 0.3 is 0 Å². The lowest BCUT2D eigenvalue weighted by molar-refractivity contribution is 0.102. The zero-order chi connectivity index (χ0) is 11.5. The maximum absolute atomic E-state index is 11.8. The lowest BCUT2D eigenvalue weighted by atomic mass is 10.2. The van der Waals surface area contributed by atoms with Gasteiger partial charge in [-0.3, -0.25) is 10.1 Å². The number of carbonyl (C=O) groups excluding carboxylic acids is 1. The van der Waals surface area contributed by atoms with Gasteiger partial charge in [0.15, 0.2) is 0 Å². The number of carbonyl (C=O) groups is 1. The highest BCUT2D eigenvalue weighted by atomic mass is 32.1. The van der Waals surface area contributed by atoms with E-state index in [1.807, 2.05) is 13.0 Å². The molecule has 6 heteroatoms. The molecular formula is C10H12N4OS. The minimum atomic E-state index is -0.149. The van der Waals surface area contributed by atoms with Crippen LogP contribution in [0, 0.1) is 6.92 Å². The van der Waals surface area contributed by atoms with Gasteiger partial charge in [-0.1, -0.05) is 6.92 Å². The summed E-state index contributed by atoms with van der Waals surface area (Å²) in [6.45, 7) is 4.09. The molecule has 2 aromatic heterocycles. The molecule has 2 rings (SSSR count). The number of rotatable bonds is 3. The Kier molecular flexibility index (Phi) is 3.00. The second-order valence-corrected chi connectivity index (χ2v) is 4.50. The molecule has 0 aliphatic heterocycles. The number of amides is 1. The zero-order valence-electron chi connectivity index (χ0n) is 9.07. The number of aryl methyl sites for hydroxylation is 2. The van der Waals surface area contributed by atoms with Crippen LogP contribution in [-0.4, -0.2) is 21.1 Å². The SMILES string of the molecule is CCc1sc(C(=O)Nc2ncn[nH]2)cc1C. The van der Waals surface area contributed by atoms with Gasteiger partial charge in [0.2, 0.25) is 5.95 Å². The van der Waals surface area contributed by atoms with E-state index in [4.69, 9.17) is 0 Å². The number of aromatic nitrogens is 3. The summed E-state index contributed by atoms with van der Waals surface area (Å²) in [5, 5.41) is 8.89. The minimum Gasteiger partial charge on any atom is -0.290 e. The maximum Gasteiger partial charge on any atom is 0.268 e. The Morgan fingerprint density at radius 3 is 3.00 bits per heavy atom. The van der Waals surface area contributed by atoms with Gasteiger partial charge in [-0.25, -0.2) is 5.10 Å². The quantitative estimate of drug-likeness (QED) is 0.856. The molecule has 2 aromatic rings. The van der Waals surface area contributed by atoms with Crippen molar-refractivity contribution in [2.75, 3.05) is 5.32 Å². The fourth-order valence-electron chi connectivity index (χ4n) is 1.42. The lowest BCUT2D eigenvalue weighted by Gasteiger charge is -1.96. The van der Waals surface area contributed by atoms with Crippen molar-refractivity contribution in [3.63, 3.8) is 0 Å². The van der Waals surface area contributed by atoms with Crippen LogP contribution in [0.2, 0.25) is 0 Å². The highest BCUT2D eigenvalue weighted by molar-refractivity contribution is 7.14. The van der Waals surface area contributed by atoms with Crippen molar-refractivity contribution in [2.45, 2.75) is 20.3 Å². The normalized spacial score (nSPS) is 10.4. The van der Waals surface area contributed by atoms with Gasteiger partial charge in [0.05, 0.1) is 4.88 Å². The second-order valence-electron chi connectivity index (χ2n) is 3.36. The molecule has 0 aromatic carbocycles. The number of H-pyrrole nitrogens is 1. The monoisotopic (exact) mass is 236 g/mol. The topological polar surface area (TPSA) is 70.7 Å². The summed E-state index contributed by atoms with van der Waals surface area (Å²) in [5.41, 5.74) is 1.16. The van der Waals surface area contributed by atoms with Crippen molar-refractivity contribution in [3.05, 3.63) is 27.7 Å². The van der Waals surface area contributed by atoms with Crippen molar-refractivity contribution in [1.29, 1.82) is 0 Å². The predicted molar refractivity (Wildman–Crippen MR) is 62.8 cm³/mol. The number of thiophene rings is 1. The van der Waals surface area contributed by atoms with Gasteiger partial charge < -0.3 is 0 Å². The molecule has 0 radical (unpaired) electrons. The van der Waals surface area contributed by atoms with Crippen LogP contribution in [-0.2, 0) is 6.42 Å². The highest BCUT2D eigenvalue weighted by Crippen LogP contribution is 2.22. The first-order valence-electron chi connectivity index (χ1n) is 4.96. The van der Waals surface area contributed by atoms with E-state index < -0.39 is 0 Å². The second kappa shape index (κ2) is 4.44. The Morgan fingerprint density at radius 1 is 1.62 bits per heavy atom. The number of hydrogen-bond acceptors (Lipinski definition) is 4. The molecule has 2 N–H and O–H groups in total. The Bertz CT molecular complexity index is 489. The standard InChI is InChI=1S/C10H12N4OS/c1-3-7-6(2)4-8(16-7)9(15)13-10-11-5-12-14-10/h4-5H,3H2,1-2H3,(H2,11,12,13,14,15). The van der Waals surface area contributed by atoms with E-state index in [1.165, 1.54) is 22.5 Å². The summed E-state index contributed by atoms with van der Waals surface area (Å²) >= 11 is 1.52. The van der Waals surface area contributed by atoms with E-state index in [0.717, 1.165) is 12.0 Å². The largest absolute Gasteiger partial charge is 0.290 e. The first kappa shape index (κ1) is 10.8. The van der Waals surface area contributed by atoms with Gasteiger partial charge in [0.25, 0.3) is 5.91 Å². The van der Waals surface area contributed by atoms with Crippen LogP contribution < -0.4 is 5.32 Å². The van der Waals surface area contributed by atoms with Gasteiger partial charge in [-0.15, -0.1) is 11.3 Å². The van der Waals surface area contributed by atoms with Crippen molar-refractivity contribution in [2.24, 2.45) is 0 Å². The van der Waals surface area contributed by atoms with E-state index >= 15 is 0 Å². The molecule has 1 amide bonds. The number of nitrogens with one attached hydrogen (secondary N) is 2. The predicted octanol–water partition coefficient (Wildman–Crippen LogP) is 1.99. The van der Waals surface area contributed by atoms with Crippen molar-refractivity contribution < 1.29 is 4.79 Å². The Hall–Kier alpha value is -1.69. The van der Waals surface area contributed by atoms with Crippen LogP contribution in [0.5, 0.6) is 0 Å². The maximum atomic E-state index is 11.8. The van der Waals surface area contributed by atoms with Crippen LogP contribution in [0.25, 0.3) is 0 Å². The van der Waals surface area contributed by atoms with Crippen LogP contribution >= 0.6 is 11.3 Å².